The summed E-state index contributed by atoms with van der Waals surface area (Å²) in [5, 5.41) is 4.79. The molecule has 0 fully saturated rings. The number of nitrogens with zero attached hydrogens (tertiary/aromatic N) is 1. The van der Waals surface area contributed by atoms with Crippen LogP contribution in [0.15, 0.2) is 55.1 Å². The van der Waals surface area contributed by atoms with Crippen LogP contribution in [0.5, 0.6) is 0 Å². The molecule has 3 aromatic rings. The Hall–Kier alpha value is -3.15. The summed E-state index contributed by atoms with van der Waals surface area (Å²) in [7, 11) is 0. The fourth-order valence-electron chi connectivity index (χ4n) is 2.43. The summed E-state index contributed by atoms with van der Waals surface area (Å²) in [6.45, 7) is 5.10. The molecule has 0 saturated carbocycles. The molecule has 24 heavy (non-hydrogen) atoms. The van der Waals surface area contributed by atoms with E-state index < -0.39 is 11.5 Å². The molecule has 0 saturated heterocycles. The van der Waals surface area contributed by atoms with Gasteiger partial charge in [0.1, 0.15) is 17.1 Å². The molecule has 122 valence electrons. The van der Waals surface area contributed by atoms with E-state index in [9.17, 15) is 9.59 Å². The number of fused-ring (bicyclic) bond motifs is 1. The van der Waals surface area contributed by atoms with Crippen molar-refractivity contribution in [2.24, 2.45) is 5.10 Å². The van der Waals surface area contributed by atoms with Gasteiger partial charge >= 0.3 is 5.63 Å². The van der Waals surface area contributed by atoms with Gasteiger partial charge in [0.05, 0.1) is 16.8 Å². The lowest BCUT2D eigenvalue weighted by Crippen LogP contribution is -2.21. The molecule has 1 N–H and O–H groups in total. The monoisotopic (exact) mass is 324 g/mol. The highest BCUT2D eigenvalue weighted by Crippen LogP contribution is 2.14. The van der Waals surface area contributed by atoms with Gasteiger partial charge in [-0.1, -0.05) is 18.2 Å². The molecule has 0 aliphatic heterocycles. The lowest BCUT2D eigenvalue weighted by molar-refractivity contribution is 0.0953. The molecule has 1 amide bonds. The number of furan rings is 1. The van der Waals surface area contributed by atoms with Crippen LogP contribution < -0.4 is 11.1 Å². The average Bonchev–Trinajstić information content (AvgIpc) is 2.90. The predicted molar refractivity (Wildman–Crippen MR) is 90.3 cm³/mol. The molecule has 0 bridgehead atoms. The second-order valence-corrected chi connectivity index (χ2v) is 5.45. The van der Waals surface area contributed by atoms with E-state index in [0.29, 0.717) is 33.9 Å². The molecule has 0 spiro atoms. The highest BCUT2D eigenvalue weighted by molar-refractivity contribution is 6.02. The van der Waals surface area contributed by atoms with E-state index >= 15 is 0 Å². The predicted octanol–water partition coefficient (Wildman–Crippen LogP) is 3.16. The van der Waals surface area contributed by atoms with Gasteiger partial charge in [-0.05, 0) is 39.0 Å². The number of benzene rings is 1. The van der Waals surface area contributed by atoms with Crippen molar-refractivity contribution in [2.75, 3.05) is 0 Å². The van der Waals surface area contributed by atoms with Gasteiger partial charge in [0, 0.05) is 5.39 Å². The summed E-state index contributed by atoms with van der Waals surface area (Å²) >= 11 is 0. The van der Waals surface area contributed by atoms with Gasteiger partial charge in [-0.2, -0.15) is 5.10 Å². The minimum Gasteiger partial charge on any atom is -0.466 e. The molecule has 6 heteroatoms. The quantitative estimate of drug-likeness (QED) is 0.455. The SMILES string of the molecule is C/C(=N/NC(=O)c1cc(C)oc1C)c1cc2ccccc2oc1=O. The van der Waals surface area contributed by atoms with Crippen LogP contribution in [0.25, 0.3) is 11.0 Å². The maximum Gasteiger partial charge on any atom is 0.345 e. The van der Waals surface area contributed by atoms with Crippen molar-refractivity contribution in [3.8, 4) is 0 Å². The van der Waals surface area contributed by atoms with Gasteiger partial charge in [-0.25, -0.2) is 10.2 Å². The van der Waals surface area contributed by atoms with Crippen molar-refractivity contribution in [3.63, 3.8) is 0 Å². The van der Waals surface area contributed by atoms with Crippen molar-refractivity contribution < 1.29 is 13.6 Å². The number of hydrazone groups is 1. The van der Waals surface area contributed by atoms with Crippen LogP contribution in [-0.4, -0.2) is 11.6 Å². The van der Waals surface area contributed by atoms with Crippen molar-refractivity contribution in [1.82, 2.24) is 5.43 Å². The van der Waals surface area contributed by atoms with Crippen LogP contribution in [0, 0.1) is 13.8 Å². The summed E-state index contributed by atoms with van der Waals surface area (Å²) in [5.41, 5.74) is 3.52. The Morgan fingerprint density at radius 2 is 1.83 bits per heavy atom. The number of amides is 1. The van der Waals surface area contributed by atoms with Crippen molar-refractivity contribution in [2.45, 2.75) is 20.8 Å². The molecular weight excluding hydrogens is 308 g/mol. The fourth-order valence-corrected chi connectivity index (χ4v) is 2.43. The third kappa shape index (κ3) is 2.99. The molecule has 3 rings (SSSR count). The van der Waals surface area contributed by atoms with Gasteiger partial charge < -0.3 is 8.83 Å². The van der Waals surface area contributed by atoms with Crippen LogP contribution in [0.4, 0.5) is 0 Å². The zero-order valence-corrected chi connectivity index (χ0v) is 13.5. The Bertz CT molecular complexity index is 1010. The molecule has 0 aliphatic carbocycles. The van der Waals surface area contributed by atoms with E-state index in [-0.39, 0.29) is 0 Å². The zero-order valence-electron chi connectivity index (χ0n) is 13.5. The van der Waals surface area contributed by atoms with Crippen LogP contribution in [0.1, 0.15) is 34.4 Å². The molecule has 0 aliphatic rings. The number of carbonyl (C=O) groups excluding carboxylic acids is 1. The molecule has 0 atom stereocenters. The first-order valence-corrected chi connectivity index (χ1v) is 7.40. The fraction of sp³-hybridized carbons (Fsp3) is 0.167. The summed E-state index contributed by atoms with van der Waals surface area (Å²) in [6, 6.07) is 10.5. The van der Waals surface area contributed by atoms with Gasteiger partial charge in [0.25, 0.3) is 5.91 Å². The molecule has 2 aromatic heterocycles. The number of para-hydroxylation sites is 1. The highest BCUT2D eigenvalue weighted by atomic mass is 16.4. The number of hydrogen-bond donors (Lipinski definition) is 1. The number of hydrogen-bond acceptors (Lipinski definition) is 5. The molecule has 0 unspecified atom stereocenters. The standard InChI is InChI=1S/C18H16N2O4/c1-10-8-15(12(3)23-10)17(21)20-19-11(2)14-9-13-6-4-5-7-16(13)24-18(14)22/h4-9H,1-3H3,(H,20,21)/b19-11-. The average molecular weight is 324 g/mol. The number of aryl methyl sites for hydroxylation is 2. The van der Waals surface area contributed by atoms with Crippen molar-refractivity contribution >= 4 is 22.6 Å². The van der Waals surface area contributed by atoms with E-state index in [4.69, 9.17) is 8.83 Å². The number of carbonyl (C=O) groups is 1. The van der Waals surface area contributed by atoms with E-state index in [1.54, 1.807) is 45.0 Å². The molecular formula is C18H16N2O4. The maximum atomic E-state index is 12.1. The highest BCUT2D eigenvalue weighted by Gasteiger charge is 2.14. The zero-order chi connectivity index (χ0) is 17.3. The Morgan fingerprint density at radius 1 is 1.08 bits per heavy atom. The molecule has 0 radical (unpaired) electrons. The first-order chi connectivity index (χ1) is 11.5. The first kappa shape index (κ1) is 15.7. The Balaban J connectivity index is 1.88. The van der Waals surface area contributed by atoms with Gasteiger partial charge in [0.15, 0.2) is 0 Å². The Labute approximate surface area is 137 Å². The second kappa shape index (κ2) is 6.16. The largest absolute Gasteiger partial charge is 0.466 e. The molecule has 2 heterocycles. The number of rotatable bonds is 3. The van der Waals surface area contributed by atoms with Crippen molar-refractivity contribution in [3.05, 3.63) is 69.5 Å². The summed E-state index contributed by atoms with van der Waals surface area (Å²) < 4.78 is 10.6. The lowest BCUT2D eigenvalue weighted by atomic mass is 10.1. The van der Waals surface area contributed by atoms with E-state index in [0.717, 1.165) is 5.39 Å². The van der Waals surface area contributed by atoms with Gasteiger partial charge in [-0.15, -0.1) is 0 Å². The maximum absolute atomic E-state index is 12.1. The van der Waals surface area contributed by atoms with Gasteiger partial charge in [-0.3, -0.25) is 4.79 Å². The van der Waals surface area contributed by atoms with Crippen LogP contribution in [0.2, 0.25) is 0 Å². The van der Waals surface area contributed by atoms with Crippen LogP contribution in [-0.2, 0) is 0 Å². The summed E-state index contributed by atoms with van der Waals surface area (Å²) in [5.74, 6) is 0.769. The Kier molecular flexibility index (Phi) is 4.04. The van der Waals surface area contributed by atoms with E-state index in [1.807, 2.05) is 12.1 Å². The molecule has 1 aromatic carbocycles. The second-order valence-electron chi connectivity index (χ2n) is 5.45. The van der Waals surface area contributed by atoms with E-state index in [2.05, 4.69) is 10.5 Å². The minimum absolute atomic E-state index is 0.300. The Morgan fingerprint density at radius 3 is 2.54 bits per heavy atom. The third-order valence-electron chi connectivity index (χ3n) is 3.64. The van der Waals surface area contributed by atoms with E-state index in [1.165, 1.54) is 0 Å². The van der Waals surface area contributed by atoms with Crippen molar-refractivity contribution in [1.29, 1.82) is 0 Å². The summed E-state index contributed by atoms with van der Waals surface area (Å²) in [4.78, 5) is 24.2. The summed E-state index contributed by atoms with van der Waals surface area (Å²) in [6.07, 6.45) is 0. The van der Waals surface area contributed by atoms with Crippen LogP contribution >= 0.6 is 0 Å². The third-order valence-corrected chi connectivity index (χ3v) is 3.64. The normalized spacial score (nSPS) is 11.7. The van der Waals surface area contributed by atoms with Crippen LogP contribution in [0.3, 0.4) is 0 Å². The minimum atomic E-state index is -0.500. The first-order valence-electron chi connectivity index (χ1n) is 7.40. The topological polar surface area (TPSA) is 84.8 Å². The smallest absolute Gasteiger partial charge is 0.345 e. The molecule has 6 nitrogen and oxygen atoms in total. The lowest BCUT2D eigenvalue weighted by Gasteiger charge is -2.03. The van der Waals surface area contributed by atoms with Gasteiger partial charge in [0.2, 0.25) is 0 Å². The number of nitrogens with one attached hydrogen (secondary N) is 1.